The number of rotatable bonds is 2. The number of ether oxygens (including phenoxy) is 1. The topological polar surface area (TPSA) is 81.5 Å². The second-order valence-corrected chi connectivity index (χ2v) is 4.51. The van der Waals surface area contributed by atoms with E-state index in [1.54, 1.807) is 12.1 Å². The first kappa shape index (κ1) is 15.3. The quantitative estimate of drug-likeness (QED) is 0.492. The summed E-state index contributed by atoms with van der Waals surface area (Å²) < 4.78 is 5.58. The normalized spacial score (nSPS) is 9.45. The molecule has 0 aliphatic heterocycles. The van der Waals surface area contributed by atoms with Crippen LogP contribution in [-0.4, -0.2) is 5.11 Å². The Morgan fingerprint density at radius 2 is 1.14 bits per heavy atom. The molecule has 0 heterocycles. The number of nitrogens with two attached hydrogens (primary N) is 2. The third-order valence-corrected chi connectivity index (χ3v) is 2.84. The van der Waals surface area contributed by atoms with E-state index in [1.165, 1.54) is 6.07 Å². The summed E-state index contributed by atoms with van der Waals surface area (Å²) in [5.41, 5.74) is 11.3. The SMILES string of the molecule is Nc1cccc(O)c1N.c1ccc(Oc2ccccc2)cc1. The number of anilines is 2. The highest BCUT2D eigenvalue weighted by atomic mass is 16.5. The molecule has 0 bridgehead atoms. The summed E-state index contributed by atoms with van der Waals surface area (Å²) in [7, 11) is 0. The standard InChI is InChI=1S/C12H10O.C6H8N2O/c1-3-7-11(8-4-1)13-12-9-5-2-6-10-12;7-4-2-1-3-5(9)6(4)8/h1-10H;1-3,9H,7-8H2. The Morgan fingerprint density at radius 3 is 1.55 bits per heavy atom. The van der Waals surface area contributed by atoms with Crippen LogP contribution in [0.1, 0.15) is 0 Å². The van der Waals surface area contributed by atoms with Gasteiger partial charge in [0, 0.05) is 0 Å². The predicted octanol–water partition coefficient (Wildman–Crippen LogP) is 4.04. The second-order valence-electron chi connectivity index (χ2n) is 4.51. The molecule has 4 heteroatoms. The highest BCUT2D eigenvalue weighted by Crippen LogP contribution is 2.24. The molecule has 0 fully saturated rings. The molecule has 112 valence electrons. The second kappa shape index (κ2) is 7.59. The first-order valence-electron chi connectivity index (χ1n) is 6.77. The summed E-state index contributed by atoms with van der Waals surface area (Å²) in [5, 5.41) is 8.90. The van der Waals surface area contributed by atoms with Crippen molar-refractivity contribution in [1.29, 1.82) is 0 Å². The van der Waals surface area contributed by atoms with Crippen molar-refractivity contribution in [2.45, 2.75) is 0 Å². The van der Waals surface area contributed by atoms with Gasteiger partial charge in [-0.1, -0.05) is 42.5 Å². The Balaban J connectivity index is 0.000000172. The van der Waals surface area contributed by atoms with Gasteiger partial charge in [0.1, 0.15) is 17.2 Å². The number of hydrogen-bond donors (Lipinski definition) is 3. The number of phenolic OH excluding ortho intramolecular Hbond substituents is 1. The van der Waals surface area contributed by atoms with Gasteiger partial charge in [-0.05, 0) is 36.4 Å². The minimum absolute atomic E-state index is 0.0370. The minimum Gasteiger partial charge on any atom is -0.506 e. The zero-order valence-electron chi connectivity index (χ0n) is 12.0. The van der Waals surface area contributed by atoms with Crippen molar-refractivity contribution in [3.63, 3.8) is 0 Å². The largest absolute Gasteiger partial charge is 0.506 e. The molecule has 0 unspecified atom stereocenters. The molecule has 0 saturated heterocycles. The Kier molecular flexibility index (Phi) is 5.26. The molecule has 0 spiro atoms. The highest BCUT2D eigenvalue weighted by Gasteiger charge is 1.96. The number of benzene rings is 3. The summed E-state index contributed by atoms with van der Waals surface area (Å²) in [6, 6.07) is 24.3. The van der Waals surface area contributed by atoms with Gasteiger partial charge in [-0.3, -0.25) is 0 Å². The molecule has 0 saturated carbocycles. The molecule has 0 aromatic heterocycles. The maximum atomic E-state index is 8.90. The van der Waals surface area contributed by atoms with Crippen molar-refractivity contribution < 1.29 is 9.84 Å². The molecule has 0 aliphatic rings. The lowest BCUT2D eigenvalue weighted by Crippen LogP contribution is -1.93. The zero-order valence-corrected chi connectivity index (χ0v) is 12.0. The van der Waals surface area contributed by atoms with Crippen LogP contribution in [0.25, 0.3) is 0 Å². The van der Waals surface area contributed by atoms with Gasteiger partial charge in [-0.25, -0.2) is 0 Å². The third-order valence-electron chi connectivity index (χ3n) is 2.84. The summed E-state index contributed by atoms with van der Waals surface area (Å²) in [5.74, 6) is 1.78. The van der Waals surface area contributed by atoms with Gasteiger partial charge < -0.3 is 21.3 Å². The van der Waals surface area contributed by atoms with Crippen LogP contribution in [0.15, 0.2) is 78.9 Å². The Labute approximate surface area is 129 Å². The molecule has 0 atom stereocenters. The molecule has 0 radical (unpaired) electrons. The fourth-order valence-corrected chi connectivity index (χ4v) is 1.68. The van der Waals surface area contributed by atoms with E-state index in [4.69, 9.17) is 21.3 Å². The maximum Gasteiger partial charge on any atom is 0.140 e. The Hall–Kier alpha value is -3.14. The molecule has 22 heavy (non-hydrogen) atoms. The van der Waals surface area contributed by atoms with Crippen LogP contribution < -0.4 is 16.2 Å². The average Bonchev–Trinajstić information content (AvgIpc) is 2.55. The minimum atomic E-state index is 0.0370. The lowest BCUT2D eigenvalue weighted by Gasteiger charge is -2.03. The van der Waals surface area contributed by atoms with Crippen molar-refractivity contribution in [1.82, 2.24) is 0 Å². The molecule has 3 aromatic rings. The molecule has 0 aliphatic carbocycles. The van der Waals surface area contributed by atoms with E-state index in [0.29, 0.717) is 5.69 Å². The fraction of sp³-hybridized carbons (Fsp3) is 0. The van der Waals surface area contributed by atoms with Gasteiger partial charge in [0.05, 0.1) is 11.4 Å². The summed E-state index contributed by atoms with van der Waals surface area (Å²) >= 11 is 0. The smallest absolute Gasteiger partial charge is 0.140 e. The summed E-state index contributed by atoms with van der Waals surface area (Å²) in [4.78, 5) is 0. The predicted molar refractivity (Wildman–Crippen MR) is 89.9 cm³/mol. The van der Waals surface area contributed by atoms with Gasteiger partial charge in [-0.15, -0.1) is 0 Å². The zero-order chi connectivity index (χ0) is 15.8. The van der Waals surface area contributed by atoms with Gasteiger partial charge in [-0.2, -0.15) is 0 Å². The van der Waals surface area contributed by atoms with Crippen LogP contribution in [0.5, 0.6) is 17.2 Å². The van der Waals surface area contributed by atoms with Crippen LogP contribution in [0.2, 0.25) is 0 Å². The van der Waals surface area contributed by atoms with Crippen LogP contribution in [-0.2, 0) is 0 Å². The van der Waals surface area contributed by atoms with Crippen LogP contribution in [0, 0.1) is 0 Å². The maximum absolute atomic E-state index is 8.90. The number of para-hydroxylation sites is 3. The number of nitrogen functional groups attached to an aromatic ring is 2. The molecule has 3 aromatic carbocycles. The van der Waals surface area contributed by atoms with Crippen molar-refractivity contribution in [2.24, 2.45) is 0 Å². The van der Waals surface area contributed by atoms with Crippen LogP contribution in [0.3, 0.4) is 0 Å². The third kappa shape index (κ3) is 4.45. The van der Waals surface area contributed by atoms with E-state index in [9.17, 15) is 0 Å². The first-order chi connectivity index (χ1) is 10.7. The molecule has 0 amide bonds. The van der Waals surface area contributed by atoms with E-state index in [1.807, 2.05) is 60.7 Å². The monoisotopic (exact) mass is 294 g/mol. The Bertz CT molecular complexity index is 643. The van der Waals surface area contributed by atoms with E-state index in [0.717, 1.165) is 11.5 Å². The van der Waals surface area contributed by atoms with Crippen molar-refractivity contribution in [3.8, 4) is 17.2 Å². The lowest BCUT2D eigenvalue weighted by atomic mass is 10.2. The first-order valence-corrected chi connectivity index (χ1v) is 6.77. The summed E-state index contributed by atoms with van der Waals surface area (Å²) in [6.07, 6.45) is 0. The van der Waals surface area contributed by atoms with Crippen LogP contribution >= 0.6 is 0 Å². The van der Waals surface area contributed by atoms with Gasteiger partial charge >= 0.3 is 0 Å². The lowest BCUT2D eigenvalue weighted by molar-refractivity contribution is 0.478. The fourth-order valence-electron chi connectivity index (χ4n) is 1.68. The van der Waals surface area contributed by atoms with E-state index >= 15 is 0 Å². The number of phenols is 1. The van der Waals surface area contributed by atoms with Crippen molar-refractivity contribution >= 4 is 11.4 Å². The van der Waals surface area contributed by atoms with Crippen molar-refractivity contribution in [3.05, 3.63) is 78.9 Å². The van der Waals surface area contributed by atoms with Crippen LogP contribution in [0.4, 0.5) is 11.4 Å². The number of hydrogen-bond acceptors (Lipinski definition) is 4. The molecular weight excluding hydrogens is 276 g/mol. The van der Waals surface area contributed by atoms with Gasteiger partial charge in [0.15, 0.2) is 0 Å². The Morgan fingerprint density at radius 1 is 0.636 bits per heavy atom. The molecule has 3 rings (SSSR count). The summed E-state index contributed by atoms with van der Waals surface area (Å²) in [6.45, 7) is 0. The molecule has 5 N–H and O–H groups in total. The average molecular weight is 294 g/mol. The molecule has 4 nitrogen and oxygen atoms in total. The van der Waals surface area contributed by atoms with Gasteiger partial charge in [0.25, 0.3) is 0 Å². The van der Waals surface area contributed by atoms with Crippen molar-refractivity contribution in [2.75, 3.05) is 11.5 Å². The van der Waals surface area contributed by atoms with E-state index in [2.05, 4.69) is 0 Å². The van der Waals surface area contributed by atoms with Gasteiger partial charge in [0.2, 0.25) is 0 Å². The highest BCUT2D eigenvalue weighted by molar-refractivity contribution is 5.69. The van der Waals surface area contributed by atoms with E-state index in [-0.39, 0.29) is 11.4 Å². The molecular formula is C18H18N2O2. The number of aromatic hydroxyl groups is 1. The van der Waals surface area contributed by atoms with E-state index < -0.39 is 0 Å².